The number of carbonyl (C=O) groups excluding carboxylic acids is 2. The number of carbonyl (C=O) groups is 2. The molecule has 2 unspecified atom stereocenters. The van der Waals surface area contributed by atoms with Gasteiger partial charge < -0.3 is 15.4 Å². The molecule has 0 aromatic heterocycles. The predicted molar refractivity (Wildman–Crippen MR) is 121 cm³/mol. The predicted octanol–water partition coefficient (Wildman–Crippen LogP) is 5.55. The van der Waals surface area contributed by atoms with Gasteiger partial charge in [0, 0.05) is 35.3 Å². The third-order valence-corrected chi connectivity index (χ3v) is 6.36. The minimum Gasteiger partial charge on any atom is -0.383 e. The van der Waals surface area contributed by atoms with Crippen LogP contribution in [0.25, 0.3) is 0 Å². The summed E-state index contributed by atoms with van der Waals surface area (Å²) >= 11 is 31.0. The summed E-state index contributed by atoms with van der Waals surface area (Å²) < 4.78 is 3.60. The van der Waals surface area contributed by atoms with Gasteiger partial charge in [0.15, 0.2) is 0 Å². The molecule has 0 aliphatic heterocycles. The van der Waals surface area contributed by atoms with Gasteiger partial charge in [-0.3, -0.25) is 9.59 Å². The number of ether oxygens (including phenoxy) is 1. The van der Waals surface area contributed by atoms with Gasteiger partial charge in [-0.05, 0) is 42.0 Å². The summed E-state index contributed by atoms with van der Waals surface area (Å²) in [5.74, 6) is -1.96. The smallest absolute Gasteiger partial charge is 0.252 e. The minimum absolute atomic E-state index is 0.225. The maximum Gasteiger partial charge on any atom is 0.252 e. The Labute approximate surface area is 198 Å². The molecule has 5 nitrogen and oxygen atoms in total. The van der Waals surface area contributed by atoms with Gasteiger partial charge in [0.2, 0.25) is 5.91 Å². The van der Waals surface area contributed by atoms with Gasteiger partial charge >= 0.3 is 0 Å². The summed E-state index contributed by atoms with van der Waals surface area (Å²) in [4.78, 5) is 25.1. The molecule has 1 aliphatic rings. The fraction of sp³-hybridized carbons (Fsp3) is 0.300. The van der Waals surface area contributed by atoms with E-state index in [2.05, 4.69) is 10.6 Å². The fourth-order valence-electron chi connectivity index (χ4n) is 3.18. The number of rotatable bonds is 7. The molecule has 2 N–H and O–H groups in total. The average Bonchev–Trinajstić information content (AvgIpc) is 3.25. The van der Waals surface area contributed by atoms with E-state index in [1.165, 1.54) is 19.2 Å². The normalized spacial score (nSPS) is 19.3. The summed E-state index contributed by atoms with van der Waals surface area (Å²) in [6, 6.07) is 9.54. The van der Waals surface area contributed by atoms with E-state index in [9.17, 15) is 9.59 Å². The van der Waals surface area contributed by atoms with Crippen LogP contribution in [0.15, 0.2) is 36.4 Å². The first kappa shape index (κ1) is 23.5. The van der Waals surface area contributed by atoms with Crippen LogP contribution in [0.5, 0.6) is 0 Å². The van der Waals surface area contributed by atoms with E-state index in [1.54, 1.807) is 24.3 Å². The second-order valence-corrected chi connectivity index (χ2v) is 9.49. The Morgan fingerprint density at radius 1 is 1.07 bits per heavy atom. The van der Waals surface area contributed by atoms with Crippen LogP contribution in [-0.4, -0.2) is 36.4 Å². The number of methoxy groups -OCH3 is 1. The zero-order valence-corrected chi connectivity index (χ0v) is 19.4. The van der Waals surface area contributed by atoms with E-state index in [4.69, 9.17) is 62.7 Å². The third-order valence-electron chi connectivity index (χ3n) is 4.65. The molecule has 0 bridgehead atoms. The van der Waals surface area contributed by atoms with Crippen molar-refractivity contribution < 1.29 is 14.3 Å². The van der Waals surface area contributed by atoms with Crippen LogP contribution in [0.3, 0.4) is 0 Å². The molecule has 3 rings (SSSR count). The van der Waals surface area contributed by atoms with Gasteiger partial charge in [-0.2, -0.15) is 0 Å². The number of hydrogen-bond acceptors (Lipinski definition) is 3. The molecule has 2 aromatic rings. The van der Waals surface area contributed by atoms with Gasteiger partial charge in [0.05, 0.1) is 23.1 Å². The molecular formula is C20H17Cl5N2O3. The van der Waals surface area contributed by atoms with E-state index in [-0.39, 0.29) is 16.5 Å². The summed E-state index contributed by atoms with van der Waals surface area (Å²) in [5.41, 5.74) is 1.29. The van der Waals surface area contributed by atoms with E-state index in [0.717, 1.165) is 0 Å². The van der Waals surface area contributed by atoms with E-state index in [1.807, 2.05) is 0 Å². The molecule has 10 heteroatoms. The lowest BCUT2D eigenvalue weighted by molar-refractivity contribution is -0.117. The lowest BCUT2D eigenvalue weighted by Gasteiger charge is -2.10. The summed E-state index contributed by atoms with van der Waals surface area (Å²) in [6.07, 6.45) is 0. The van der Waals surface area contributed by atoms with Crippen molar-refractivity contribution in [2.24, 2.45) is 5.92 Å². The highest BCUT2D eigenvalue weighted by atomic mass is 35.5. The summed E-state index contributed by atoms with van der Waals surface area (Å²) in [7, 11) is 1.53. The summed E-state index contributed by atoms with van der Waals surface area (Å²) in [5, 5.41) is 6.53. The van der Waals surface area contributed by atoms with E-state index >= 15 is 0 Å². The van der Waals surface area contributed by atoms with E-state index < -0.39 is 22.1 Å². The topological polar surface area (TPSA) is 67.4 Å². The highest BCUT2D eigenvalue weighted by Gasteiger charge is 2.67. The highest BCUT2D eigenvalue weighted by Crippen LogP contribution is 2.65. The van der Waals surface area contributed by atoms with Crippen molar-refractivity contribution in [2.75, 3.05) is 25.6 Å². The Morgan fingerprint density at radius 2 is 1.73 bits per heavy atom. The van der Waals surface area contributed by atoms with Crippen molar-refractivity contribution >= 4 is 75.5 Å². The molecule has 1 saturated carbocycles. The average molecular weight is 511 g/mol. The molecule has 2 atom stereocenters. The molecular weight excluding hydrogens is 493 g/mol. The van der Waals surface area contributed by atoms with Crippen molar-refractivity contribution in [2.45, 2.75) is 10.3 Å². The Balaban J connectivity index is 1.74. The molecule has 0 radical (unpaired) electrons. The van der Waals surface area contributed by atoms with Crippen LogP contribution < -0.4 is 10.6 Å². The lowest BCUT2D eigenvalue weighted by atomic mass is 10.1. The first-order chi connectivity index (χ1) is 14.1. The number of nitrogens with one attached hydrogen (secondary N) is 2. The SMILES string of the molecule is COCCNC(=O)c1cc(NC(=O)C2C(c3cc(Cl)cc(Cl)c3)C2(Cl)Cl)ccc1Cl. The Kier molecular flexibility index (Phi) is 7.44. The summed E-state index contributed by atoms with van der Waals surface area (Å²) in [6.45, 7) is 0.694. The third kappa shape index (κ3) is 5.16. The fourth-order valence-corrected chi connectivity index (χ4v) is 4.76. The molecule has 160 valence electrons. The minimum atomic E-state index is -1.30. The van der Waals surface area contributed by atoms with Crippen LogP contribution in [0.1, 0.15) is 21.8 Å². The number of benzene rings is 2. The van der Waals surface area contributed by atoms with Gasteiger partial charge in [0.25, 0.3) is 5.91 Å². The monoisotopic (exact) mass is 508 g/mol. The number of halogens is 5. The second kappa shape index (κ2) is 9.51. The number of hydrogen-bond donors (Lipinski definition) is 2. The maximum atomic E-state index is 12.8. The van der Waals surface area contributed by atoms with Gasteiger partial charge in [0.1, 0.15) is 4.33 Å². The lowest BCUT2D eigenvalue weighted by Crippen LogP contribution is -2.27. The van der Waals surface area contributed by atoms with Crippen molar-refractivity contribution in [1.82, 2.24) is 5.32 Å². The van der Waals surface area contributed by atoms with Crippen molar-refractivity contribution in [1.29, 1.82) is 0 Å². The standard InChI is InChI=1S/C20H17Cl5N2O3/c1-30-5-4-26-18(28)14-9-13(2-3-15(14)23)27-19(29)17-16(20(17,24)25)10-6-11(21)8-12(22)7-10/h2-3,6-9,16-17H,4-5H2,1H3,(H,26,28)(H,27,29). The molecule has 0 spiro atoms. The van der Waals surface area contributed by atoms with Crippen molar-refractivity contribution in [3.8, 4) is 0 Å². The number of anilines is 1. The van der Waals surface area contributed by atoms with Crippen LogP contribution in [0, 0.1) is 5.92 Å². The van der Waals surface area contributed by atoms with Crippen molar-refractivity contribution in [3.05, 3.63) is 62.6 Å². The second-order valence-electron chi connectivity index (χ2n) is 6.77. The van der Waals surface area contributed by atoms with Gasteiger partial charge in [-0.15, -0.1) is 23.2 Å². The highest BCUT2D eigenvalue weighted by molar-refractivity contribution is 6.53. The zero-order valence-electron chi connectivity index (χ0n) is 15.6. The van der Waals surface area contributed by atoms with Crippen LogP contribution in [-0.2, 0) is 9.53 Å². The Morgan fingerprint density at radius 3 is 2.37 bits per heavy atom. The molecule has 1 fully saturated rings. The van der Waals surface area contributed by atoms with E-state index in [0.29, 0.717) is 34.4 Å². The molecule has 30 heavy (non-hydrogen) atoms. The molecule has 2 aromatic carbocycles. The Hall–Kier alpha value is -1.21. The van der Waals surface area contributed by atoms with Gasteiger partial charge in [-0.1, -0.05) is 34.8 Å². The molecule has 0 heterocycles. The van der Waals surface area contributed by atoms with Crippen LogP contribution in [0.4, 0.5) is 5.69 Å². The quantitative estimate of drug-likeness (QED) is 0.379. The number of amides is 2. The van der Waals surface area contributed by atoms with Gasteiger partial charge in [-0.25, -0.2) is 0 Å². The van der Waals surface area contributed by atoms with Crippen LogP contribution >= 0.6 is 58.0 Å². The Bertz CT molecular complexity index is 963. The number of alkyl halides is 2. The first-order valence-corrected chi connectivity index (χ1v) is 10.8. The largest absolute Gasteiger partial charge is 0.383 e. The van der Waals surface area contributed by atoms with Crippen LogP contribution in [0.2, 0.25) is 15.1 Å². The molecule has 2 amide bonds. The molecule has 1 aliphatic carbocycles. The zero-order chi connectivity index (χ0) is 22.1. The van der Waals surface area contributed by atoms with Crippen molar-refractivity contribution in [3.63, 3.8) is 0 Å². The first-order valence-electron chi connectivity index (χ1n) is 8.86. The molecule has 0 saturated heterocycles. The maximum absolute atomic E-state index is 12.8.